The lowest BCUT2D eigenvalue weighted by Crippen LogP contribution is -2.40. The van der Waals surface area contributed by atoms with E-state index in [1.54, 1.807) is 0 Å². The number of hydrogen-bond acceptors (Lipinski definition) is 3. The molecule has 1 saturated heterocycles. The zero-order valence-electron chi connectivity index (χ0n) is 9.90. The average molecular weight is 255 g/mol. The summed E-state index contributed by atoms with van der Waals surface area (Å²) in [5.74, 6) is 0. The van der Waals surface area contributed by atoms with Gasteiger partial charge in [-0.3, -0.25) is 0 Å². The van der Waals surface area contributed by atoms with E-state index in [1.165, 1.54) is 6.42 Å². The van der Waals surface area contributed by atoms with Crippen molar-refractivity contribution in [3.8, 4) is 0 Å². The average Bonchev–Trinajstić information content (AvgIpc) is 2.31. The second kappa shape index (κ2) is 5.61. The van der Waals surface area contributed by atoms with E-state index in [-0.39, 0.29) is 6.61 Å². The summed E-state index contributed by atoms with van der Waals surface area (Å²) in [7, 11) is 0. The maximum atomic E-state index is 9.13. The lowest BCUT2D eigenvalue weighted by Gasteiger charge is -2.38. The standard InChI is InChI=1S/C13H19ClN2O/c14-11-5-3-6-12(15)13(11)16-8-2-1-4-10(16)7-9-17/h3,5-6,10,17H,1-2,4,7-9,15H2. The highest BCUT2D eigenvalue weighted by atomic mass is 35.5. The van der Waals surface area contributed by atoms with Gasteiger partial charge in [-0.2, -0.15) is 0 Å². The number of aliphatic hydroxyl groups excluding tert-OH is 1. The predicted molar refractivity (Wildman–Crippen MR) is 72.6 cm³/mol. The minimum atomic E-state index is 0.214. The molecule has 2 rings (SSSR count). The van der Waals surface area contributed by atoms with Crippen LogP contribution in [0, 0.1) is 0 Å². The van der Waals surface area contributed by atoms with E-state index in [2.05, 4.69) is 4.90 Å². The third-order valence-corrected chi connectivity index (χ3v) is 3.70. The summed E-state index contributed by atoms with van der Waals surface area (Å²) in [4.78, 5) is 2.26. The summed E-state index contributed by atoms with van der Waals surface area (Å²) in [6.45, 7) is 1.18. The van der Waals surface area contributed by atoms with Crippen LogP contribution in [-0.4, -0.2) is 24.3 Å². The lowest BCUT2D eigenvalue weighted by atomic mass is 9.98. The van der Waals surface area contributed by atoms with E-state index in [4.69, 9.17) is 22.4 Å². The first kappa shape index (κ1) is 12.5. The molecule has 3 nitrogen and oxygen atoms in total. The highest BCUT2D eigenvalue weighted by Crippen LogP contribution is 2.36. The van der Waals surface area contributed by atoms with Crippen molar-refractivity contribution in [2.24, 2.45) is 0 Å². The Bertz CT molecular complexity index is 361. The Labute approximate surface area is 107 Å². The van der Waals surface area contributed by atoms with Crippen molar-refractivity contribution >= 4 is 23.0 Å². The molecule has 0 bridgehead atoms. The second-order valence-electron chi connectivity index (χ2n) is 4.53. The van der Waals surface area contributed by atoms with Crippen LogP contribution >= 0.6 is 11.6 Å². The zero-order chi connectivity index (χ0) is 12.3. The summed E-state index contributed by atoms with van der Waals surface area (Å²) >= 11 is 6.24. The molecular weight excluding hydrogens is 236 g/mol. The Balaban J connectivity index is 2.29. The molecule has 1 atom stereocenters. The molecule has 0 saturated carbocycles. The monoisotopic (exact) mass is 254 g/mol. The summed E-state index contributed by atoms with van der Waals surface area (Å²) < 4.78 is 0. The van der Waals surface area contributed by atoms with E-state index in [0.29, 0.717) is 11.1 Å². The van der Waals surface area contributed by atoms with E-state index >= 15 is 0 Å². The van der Waals surface area contributed by atoms with Gasteiger partial charge in [0.2, 0.25) is 0 Å². The maximum absolute atomic E-state index is 9.13. The van der Waals surface area contributed by atoms with Gasteiger partial charge >= 0.3 is 0 Å². The molecule has 0 aromatic heterocycles. The smallest absolute Gasteiger partial charge is 0.0791 e. The first-order valence-corrected chi connectivity index (χ1v) is 6.53. The van der Waals surface area contributed by atoms with Gasteiger partial charge in [0.25, 0.3) is 0 Å². The third-order valence-electron chi connectivity index (χ3n) is 3.39. The molecule has 0 spiro atoms. The Morgan fingerprint density at radius 2 is 2.24 bits per heavy atom. The zero-order valence-corrected chi connectivity index (χ0v) is 10.7. The van der Waals surface area contributed by atoms with Crippen LogP contribution in [0.1, 0.15) is 25.7 Å². The summed E-state index contributed by atoms with van der Waals surface area (Å²) in [5.41, 5.74) is 7.68. The largest absolute Gasteiger partial charge is 0.397 e. The second-order valence-corrected chi connectivity index (χ2v) is 4.94. The fraction of sp³-hybridized carbons (Fsp3) is 0.538. The van der Waals surface area contributed by atoms with Gasteiger partial charge in [-0.25, -0.2) is 0 Å². The van der Waals surface area contributed by atoms with Crippen molar-refractivity contribution < 1.29 is 5.11 Å². The molecule has 4 heteroatoms. The molecule has 94 valence electrons. The molecule has 1 fully saturated rings. The van der Waals surface area contributed by atoms with Crippen LogP contribution in [-0.2, 0) is 0 Å². The fourth-order valence-electron chi connectivity index (χ4n) is 2.58. The van der Waals surface area contributed by atoms with Crippen molar-refractivity contribution in [2.75, 3.05) is 23.8 Å². The number of halogens is 1. The normalized spacial score (nSPS) is 20.6. The predicted octanol–water partition coefficient (Wildman–Crippen LogP) is 2.66. The number of hydrogen-bond donors (Lipinski definition) is 2. The van der Waals surface area contributed by atoms with Gasteiger partial charge in [-0.05, 0) is 37.8 Å². The Morgan fingerprint density at radius 3 is 2.94 bits per heavy atom. The third kappa shape index (κ3) is 2.67. The van der Waals surface area contributed by atoms with Crippen molar-refractivity contribution in [3.05, 3.63) is 23.2 Å². The van der Waals surface area contributed by atoms with Gasteiger partial charge in [0, 0.05) is 19.2 Å². The van der Waals surface area contributed by atoms with E-state index < -0.39 is 0 Å². The first-order chi connectivity index (χ1) is 8.24. The molecule has 17 heavy (non-hydrogen) atoms. The summed E-state index contributed by atoms with van der Waals surface area (Å²) in [6.07, 6.45) is 4.26. The summed E-state index contributed by atoms with van der Waals surface area (Å²) in [5, 5.41) is 9.83. The van der Waals surface area contributed by atoms with Gasteiger partial charge in [-0.15, -0.1) is 0 Å². The van der Waals surface area contributed by atoms with E-state index in [9.17, 15) is 0 Å². The highest BCUT2D eigenvalue weighted by Gasteiger charge is 2.25. The van der Waals surface area contributed by atoms with Crippen molar-refractivity contribution in [2.45, 2.75) is 31.7 Å². The minimum Gasteiger partial charge on any atom is -0.397 e. The number of nitrogens with two attached hydrogens (primary N) is 1. The number of nitrogens with zero attached hydrogens (tertiary/aromatic N) is 1. The Kier molecular flexibility index (Phi) is 4.13. The minimum absolute atomic E-state index is 0.214. The molecule has 1 aromatic rings. The molecule has 0 aliphatic carbocycles. The maximum Gasteiger partial charge on any atom is 0.0791 e. The Morgan fingerprint density at radius 1 is 1.41 bits per heavy atom. The van der Waals surface area contributed by atoms with Crippen molar-refractivity contribution in [1.82, 2.24) is 0 Å². The van der Waals surface area contributed by atoms with Crippen LogP contribution in [0.4, 0.5) is 11.4 Å². The molecule has 0 amide bonds. The van der Waals surface area contributed by atoms with E-state index in [0.717, 1.165) is 37.2 Å². The van der Waals surface area contributed by atoms with Gasteiger partial charge in [0.15, 0.2) is 0 Å². The van der Waals surface area contributed by atoms with Gasteiger partial charge in [0.05, 0.1) is 16.4 Å². The van der Waals surface area contributed by atoms with Crippen molar-refractivity contribution in [3.63, 3.8) is 0 Å². The van der Waals surface area contributed by atoms with Gasteiger partial charge in [0.1, 0.15) is 0 Å². The molecule has 1 unspecified atom stereocenters. The quantitative estimate of drug-likeness (QED) is 0.816. The van der Waals surface area contributed by atoms with Crippen molar-refractivity contribution in [1.29, 1.82) is 0 Å². The molecule has 3 N–H and O–H groups in total. The summed E-state index contributed by atoms with van der Waals surface area (Å²) in [6, 6.07) is 5.98. The number of anilines is 2. The molecule has 1 heterocycles. The number of rotatable bonds is 3. The first-order valence-electron chi connectivity index (χ1n) is 6.15. The number of benzene rings is 1. The number of para-hydroxylation sites is 1. The van der Waals surface area contributed by atoms with E-state index in [1.807, 2.05) is 18.2 Å². The van der Waals surface area contributed by atoms with Crippen LogP contribution in [0.3, 0.4) is 0 Å². The van der Waals surface area contributed by atoms with Crippen LogP contribution in [0.15, 0.2) is 18.2 Å². The lowest BCUT2D eigenvalue weighted by molar-refractivity contribution is 0.262. The Hall–Kier alpha value is -0.930. The molecule has 1 aliphatic heterocycles. The number of nitrogen functional groups attached to an aromatic ring is 1. The van der Waals surface area contributed by atoms with Crippen LogP contribution in [0.25, 0.3) is 0 Å². The topological polar surface area (TPSA) is 49.5 Å². The highest BCUT2D eigenvalue weighted by molar-refractivity contribution is 6.34. The van der Waals surface area contributed by atoms with Gasteiger partial charge < -0.3 is 15.7 Å². The number of aliphatic hydroxyl groups is 1. The van der Waals surface area contributed by atoms with Crippen LogP contribution in [0.2, 0.25) is 5.02 Å². The van der Waals surface area contributed by atoms with Crippen LogP contribution in [0.5, 0.6) is 0 Å². The molecule has 1 aliphatic rings. The molecular formula is C13H19ClN2O. The molecule has 1 aromatic carbocycles. The fourth-order valence-corrected chi connectivity index (χ4v) is 2.87. The van der Waals surface area contributed by atoms with Crippen LogP contribution < -0.4 is 10.6 Å². The molecule has 0 radical (unpaired) electrons. The number of piperidine rings is 1. The SMILES string of the molecule is Nc1cccc(Cl)c1N1CCCCC1CCO. The van der Waals surface area contributed by atoms with Gasteiger partial charge in [-0.1, -0.05) is 17.7 Å².